The first-order chi connectivity index (χ1) is 8.36. The molecule has 0 radical (unpaired) electrons. The molecule has 1 N–H and O–H groups in total. The average molecular weight is 235 g/mol. The van der Waals surface area contributed by atoms with E-state index in [9.17, 15) is 0 Å². The molecule has 2 aliphatic rings. The fraction of sp³-hybridized carbons (Fsp3) is 0.769. The Kier molecular flexibility index (Phi) is 3.16. The van der Waals surface area contributed by atoms with Gasteiger partial charge in [-0.3, -0.25) is 0 Å². The van der Waals surface area contributed by atoms with Crippen LogP contribution in [0.5, 0.6) is 0 Å². The van der Waals surface area contributed by atoms with Crippen LogP contribution in [-0.2, 0) is 4.74 Å². The number of imidazole rings is 1. The van der Waals surface area contributed by atoms with Gasteiger partial charge in [-0.05, 0) is 32.7 Å². The van der Waals surface area contributed by atoms with Gasteiger partial charge in [-0.15, -0.1) is 0 Å². The van der Waals surface area contributed by atoms with E-state index in [0.29, 0.717) is 12.0 Å². The Labute approximate surface area is 102 Å². The predicted octanol–water partition coefficient (Wildman–Crippen LogP) is 1.62. The van der Waals surface area contributed by atoms with Gasteiger partial charge in [0.15, 0.2) is 0 Å². The minimum atomic E-state index is 0.595. The molecule has 1 aromatic rings. The minimum absolute atomic E-state index is 0.595. The quantitative estimate of drug-likeness (QED) is 0.846. The van der Waals surface area contributed by atoms with E-state index in [0.717, 1.165) is 39.1 Å². The van der Waals surface area contributed by atoms with Crippen LogP contribution in [0.1, 0.15) is 42.7 Å². The smallest absolute Gasteiger partial charge is 0.112 e. The van der Waals surface area contributed by atoms with Gasteiger partial charge in [0.05, 0.1) is 0 Å². The lowest BCUT2D eigenvalue weighted by molar-refractivity contribution is 0.0825. The first-order valence-electron chi connectivity index (χ1n) is 6.68. The van der Waals surface area contributed by atoms with Crippen molar-refractivity contribution in [1.29, 1.82) is 0 Å². The van der Waals surface area contributed by atoms with E-state index >= 15 is 0 Å². The van der Waals surface area contributed by atoms with Crippen LogP contribution < -0.4 is 5.32 Å². The van der Waals surface area contributed by atoms with Crippen molar-refractivity contribution in [3.63, 3.8) is 0 Å². The molecule has 17 heavy (non-hydrogen) atoms. The Hall–Kier alpha value is -0.870. The lowest BCUT2D eigenvalue weighted by Crippen LogP contribution is -2.22. The number of aromatic nitrogens is 2. The Bertz CT molecular complexity index is 376. The van der Waals surface area contributed by atoms with Crippen molar-refractivity contribution in [2.24, 2.45) is 0 Å². The molecule has 0 spiro atoms. The van der Waals surface area contributed by atoms with Crippen LogP contribution in [0.15, 0.2) is 6.20 Å². The highest BCUT2D eigenvalue weighted by Crippen LogP contribution is 2.30. The largest absolute Gasteiger partial charge is 0.381 e. The van der Waals surface area contributed by atoms with E-state index in [1.54, 1.807) is 0 Å². The topological polar surface area (TPSA) is 39.1 Å². The number of ether oxygens (including phenoxy) is 1. The SMILES string of the molecule is Cc1cnc(C2CCOCC2)n1[C@@H]1CCNC1. The summed E-state index contributed by atoms with van der Waals surface area (Å²) in [5.74, 6) is 1.89. The second kappa shape index (κ2) is 4.78. The summed E-state index contributed by atoms with van der Waals surface area (Å²) in [5.41, 5.74) is 1.31. The summed E-state index contributed by atoms with van der Waals surface area (Å²) in [5, 5.41) is 3.44. The monoisotopic (exact) mass is 235 g/mol. The molecule has 1 aromatic heterocycles. The number of hydrogen-bond acceptors (Lipinski definition) is 3. The zero-order chi connectivity index (χ0) is 11.7. The highest BCUT2D eigenvalue weighted by atomic mass is 16.5. The van der Waals surface area contributed by atoms with Gasteiger partial charge in [0.2, 0.25) is 0 Å². The molecule has 0 amide bonds. The van der Waals surface area contributed by atoms with Crippen LogP contribution in [0, 0.1) is 6.92 Å². The van der Waals surface area contributed by atoms with Crippen LogP contribution in [0.3, 0.4) is 0 Å². The first-order valence-corrected chi connectivity index (χ1v) is 6.68. The van der Waals surface area contributed by atoms with Gasteiger partial charge >= 0.3 is 0 Å². The van der Waals surface area contributed by atoms with E-state index in [4.69, 9.17) is 4.74 Å². The Morgan fingerprint density at radius 3 is 2.88 bits per heavy atom. The molecule has 2 saturated heterocycles. The van der Waals surface area contributed by atoms with Crippen LogP contribution in [0.2, 0.25) is 0 Å². The molecule has 3 heterocycles. The van der Waals surface area contributed by atoms with Gasteiger partial charge in [-0.1, -0.05) is 0 Å². The third-order valence-electron chi connectivity index (χ3n) is 4.00. The minimum Gasteiger partial charge on any atom is -0.381 e. The fourth-order valence-electron chi connectivity index (χ4n) is 3.06. The fourth-order valence-corrected chi connectivity index (χ4v) is 3.06. The molecule has 4 nitrogen and oxygen atoms in total. The maximum Gasteiger partial charge on any atom is 0.112 e. The van der Waals surface area contributed by atoms with E-state index in [1.165, 1.54) is 17.9 Å². The van der Waals surface area contributed by atoms with Crippen molar-refractivity contribution in [3.05, 3.63) is 17.7 Å². The lowest BCUT2D eigenvalue weighted by atomic mass is 9.99. The highest BCUT2D eigenvalue weighted by molar-refractivity contribution is 5.11. The van der Waals surface area contributed by atoms with E-state index in [2.05, 4.69) is 21.8 Å². The molecule has 2 aliphatic heterocycles. The van der Waals surface area contributed by atoms with Crippen LogP contribution >= 0.6 is 0 Å². The Morgan fingerprint density at radius 2 is 2.18 bits per heavy atom. The normalized spacial score (nSPS) is 26.5. The van der Waals surface area contributed by atoms with Crippen molar-refractivity contribution in [2.45, 2.75) is 38.1 Å². The molecule has 0 unspecified atom stereocenters. The molecular weight excluding hydrogens is 214 g/mol. The molecule has 0 saturated carbocycles. The molecule has 0 aromatic carbocycles. The summed E-state index contributed by atoms with van der Waals surface area (Å²) in [6.45, 7) is 6.18. The van der Waals surface area contributed by atoms with E-state index in [1.807, 2.05) is 6.20 Å². The maximum absolute atomic E-state index is 5.44. The number of hydrogen-bond donors (Lipinski definition) is 1. The first kappa shape index (κ1) is 11.2. The van der Waals surface area contributed by atoms with Crippen LogP contribution in [-0.4, -0.2) is 35.9 Å². The van der Waals surface area contributed by atoms with Crippen molar-refractivity contribution < 1.29 is 4.74 Å². The van der Waals surface area contributed by atoms with Crippen LogP contribution in [0.4, 0.5) is 0 Å². The number of rotatable bonds is 2. The Balaban J connectivity index is 1.87. The molecule has 3 rings (SSSR count). The second-order valence-electron chi connectivity index (χ2n) is 5.16. The summed E-state index contributed by atoms with van der Waals surface area (Å²) in [7, 11) is 0. The van der Waals surface area contributed by atoms with Gasteiger partial charge in [0.1, 0.15) is 5.82 Å². The second-order valence-corrected chi connectivity index (χ2v) is 5.16. The van der Waals surface area contributed by atoms with Gasteiger partial charge in [-0.25, -0.2) is 4.98 Å². The van der Waals surface area contributed by atoms with Gasteiger partial charge in [0.25, 0.3) is 0 Å². The van der Waals surface area contributed by atoms with Crippen molar-refractivity contribution in [3.8, 4) is 0 Å². The molecule has 1 atom stereocenters. The standard InChI is InChI=1S/C13H21N3O/c1-10-8-15-13(11-3-6-17-7-4-11)16(10)12-2-5-14-9-12/h8,11-12,14H,2-7,9H2,1H3/t12-/m1/s1. The van der Waals surface area contributed by atoms with E-state index in [-0.39, 0.29) is 0 Å². The van der Waals surface area contributed by atoms with Crippen LogP contribution in [0.25, 0.3) is 0 Å². The van der Waals surface area contributed by atoms with Crippen molar-refractivity contribution >= 4 is 0 Å². The van der Waals surface area contributed by atoms with Gasteiger partial charge < -0.3 is 14.6 Å². The highest BCUT2D eigenvalue weighted by Gasteiger charge is 2.26. The van der Waals surface area contributed by atoms with Crippen molar-refractivity contribution in [2.75, 3.05) is 26.3 Å². The van der Waals surface area contributed by atoms with E-state index < -0.39 is 0 Å². The molecule has 4 heteroatoms. The summed E-state index contributed by atoms with van der Waals surface area (Å²) in [6, 6.07) is 0.607. The third kappa shape index (κ3) is 2.11. The summed E-state index contributed by atoms with van der Waals surface area (Å²) in [6.07, 6.45) is 5.50. The average Bonchev–Trinajstić information content (AvgIpc) is 2.99. The molecule has 2 fully saturated rings. The molecule has 94 valence electrons. The molecule has 0 bridgehead atoms. The molecule has 0 aliphatic carbocycles. The zero-order valence-electron chi connectivity index (χ0n) is 10.5. The van der Waals surface area contributed by atoms with Gasteiger partial charge in [0, 0.05) is 43.6 Å². The van der Waals surface area contributed by atoms with Gasteiger partial charge in [-0.2, -0.15) is 0 Å². The molecular formula is C13H21N3O. The van der Waals surface area contributed by atoms with Crippen molar-refractivity contribution in [1.82, 2.24) is 14.9 Å². The number of nitrogens with zero attached hydrogens (tertiary/aromatic N) is 2. The lowest BCUT2D eigenvalue weighted by Gasteiger charge is -2.25. The predicted molar refractivity (Wildman–Crippen MR) is 66.3 cm³/mol. The maximum atomic E-state index is 5.44. The number of nitrogens with one attached hydrogen (secondary N) is 1. The summed E-state index contributed by atoms with van der Waals surface area (Å²) >= 11 is 0. The Morgan fingerprint density at radius 1 is 1.35 bits per heavy atom. The summed E-state index contributed by atoms with van der Waals surface area (Å²) in [4.78, 5) is 4.66. The summed E-state index contributed by atoms with van der Waals surface area (Å²) < 4.78 is 7.91. The third-order valence-corrected chi connectivity index (χ3v) is 4.00. The zero-order valence-corrected chi connectivity index (χ0v) is 10.5. The number of aryl methyl sites for hydroxylation is 1.